The van der Waals surface area contributed by atoms with Gasteiger partial charge in [0.2, 0.25) is 11.5 Å². The molecule has 9 nitrogen and oxygen atoms in total. The lowest BCUT2D eigenvalue weighted by atomic mass is 9.98. The second-order valence-corrected chi connectivity index (χ2v) is 13.1. The number of hydrogen-bond donors (Lipinski definition) is 0. The van der Waals surface area contributed by atoms with Gasteiger partial charge in [-0.25, -0.2) is 0 Å². The molecule has 0 unspecified atom stereocenters. The third-order valence-corrected chi connectivity index (χ3v) is 9.88. The molecule has 0 amide bonds. The first-order valence-electron chi connectivity index (χ1n) is 17.3. The molecule has 54 heavy (non-hydrogen) atoms. The number of nitrogens with zero attached hydrogens (tertiary/aromatic N) is 3. The zero-order valence-electron chi connectivity index (χ0n) is 31.5. The van der Waals surface area contributed by atoms with E-state index in [1.54, 1.807) is 42.7 Å². The number of rotatable bonds is 14. The summed E-state index contributed by atoms with van der Waals surface area (Å²) in [6, 6.07) is 29.3. The van der Waals surface area contributed by atoms with Crippen molar-refractivity contribution in [1.82, 2.24) is 9.88 Å². The lowest BCUT2D eigenvalue weighted by Crippen LogP contribution is -2.44. The fraction of sp³-hybridized carbons (Fsp3) is 0.310. The van der Waals surface area contributed by atoms with Crippen LogP contribution in [0.4, 0.5) is 5.69 Å². The largest absolute Gasteiger partial charge is 0.493 e. The molecule has 0 radical (unpaired) electrons. The van der Waals surface area contributed by atoms with Crippen molar-refractivity contribution in [3.8, 4) is 56.9 Å². The topological polar surface area (TPSA) is 74.8 Å². The molecule has 0 atom stereocenters. The Morgan fingerprint density at radius 1 is 0.630 bits per heavy atom. The van der Waals surface area contributed by atoms with Crippen LogP contribution in [0, 0.1) is 0 Å². The maximum absolute atomic E-state index is 6.34. The Kier molecular flexibility index (Phi) is 15.4. The van der Waals surface area contributed by atoms with Crippen molar-refractivity contribution >= 4 is 42.1 Å². The molecule has 0 aliphatic carbocycles. The Morgan fingerprint density at radius 3 is 1.72 bits per heavy atom. The molecule has 0 saturated carbocycles. The molecule has 1 aliphatic rings. The summed E-state index contributed by atoms with van der Waals surface area (Å²) in [5.41, 5.74) is 7.40. The Labute approximate surface area is 335 Å². The highest BCUT2D eigenvalue weighted by atomic mass is 35.5. The van der Waals surface area contributed by atoms with Gasteiger partial charge in [-0.15, -0.1) is 24.8 Å². The fourth-order valence-electron chi connectivity index (χ4n) is 6.96. The van der Waals surface area contributed by atoms with Crippen molar-refractivity contribution in [2.75, 3.05) is 60.6 Å². The van der Waals surface area contributed by atoms with E-state index >= 15 is 0 Å². The van der Waals surface area contributed by atoms with E-state index in [4.69, 9.17) is 40.0 Å². The first-order valence-corrected chi connectivity index (χ1v) is 17.6. The summed E-state index contributed by atoms with van der Waals surface area (Å²) in [4.78, 5) is 9.72. The third kappa shape index (κ3) is 9.57. The first-order chi connectivity index (χ1) is 25.4. The molecular formula is C42H48Cl3N3O6. The number of aromatic nitrogens is 1. The number of halogens is 3. The molecule has 1 aromatic heterocycles. The Bertz CT molecular complexity index is 1920. The maximum atomic E-state index is 6.34. The highest BCUT2D eigenvalue weighted by Gasteiger charge is 2.26. The van der Waals surface area contributed by atoms with E-state index in [0.717, 1.165) is 72.1 Å². The molecule has 4 aromatic carbocycles. The summed E-state index contributed by atoms with van der Waals surface area (Å²) < 4.78 is 33.5. The summed E-state index contributed by atoms with van der Waals surface area (Å²) in [7, 11) is 9.74. The van der Waals surface area contributed by atoms with E-state index in [9.17, 15) is 0 Å². The lowest BCUT2D eigenvalue weighted by Gasteiger charge is -2.40. The smallest absolute Gasteiger partial charge is 0.203 e. The minimum Gasteiger partial charge on any atom is -0.493 e. The van der Waals surface area contributed by atoms with Gasteiger partial charge in [0.1, 0.15) is 0 Å². The van der Waals surface area contributed by atoms with Crippen LogP contribution in [0.2, 0.25) is 5.02 Å². The van der Waals surface area contributed by atoms with Crippen LogP contribution in [0.5, 0.6) is 34.5 Å². The zero-order chi connectivity index (χ0) is 36.6. The maximum Gasteiger partial charge on any atom is 0.203 e. The van der Waals surface area contributed by atoms with Gasteiger partial charge in [0.15, 0.2) is 23.0 Å². The van der Waals surface area contributed by atoms with E-state index in [-0.39, 0.29) is 24.8 Å². The Balaban J connectivity index is 0.00000325. The highest BCUT2D eigenvalue weighted by molar-refractivity contribution is 6.30. The second kappa shape index (κ2) is 19.7. The van der Waals surface area contributed by atoms with Crippen LogP contribution in [0.25, 0.3) is 22.4 Å². The lowest BCUT2D eigenvalue weighted by molar-refractivity contribution is 0.201. The van der Waals surface area contributed by atoms with Crippen molar-refractivity contribution in [1.29, 1.82) is 0 Å². The molecule has 0 spiro atoms. The fourth-order valence-corrected chi connectivity index (χ4v) is 7.09. The molecule has 6 rings (SSSR count). The molecule has 0 N–H and O–H groups in total. The molecule has 1 saturated heterocycles. The molecular weight excluding hydrogens is 749 g/mol. The van der Waals surface area contributed by atoms with Crippen molar-refractivity contribution in [2.24, 2.45) is 0 Å². The van der Waals surface area contributed by atoms with E-state index in [0.29, 0.717) is 40.5 Å². The number of likely N-dealkylation sites (tertiary alicyclic amines) is 1. The first kappa shape index (κ1) is 42.2. The predicted molar refractivity (Wildman–Crippen MR) is 221 cm³/mol. The van der Waals surface area contributed by atoms with Crippen molar-refractivity contribution in [3.63, 3.8) is 0 Å². The van der Waals surface area contributed by atoms with Gasteiger partial charge < -0.3 is 33.3 Å². The summed E-state index contributed by atoms with van der Waals surface area (Å²) in [6.45, 7) is 3.54. The molecule has 0 bridgehead atoms. The van der Waals surface area contributed by atoms with Crippen LogP contribution in [0.1, 0.15) is 24.0 Å². The number of anilines is 1. The zero-order valence-corrected chi connectivity index (χ0v) is 33.9. The van der Waals surface area contributed by atoms with Crippen LogP contribution < -0.4 is 33.3 Å². The predicted octanol–water partition coefficient (Wildman–Crippen LogP) is 9.64. The number of hydrogen-bond acceptors (Lipinski definition) is 9. The van der Waals surface area contributed by atoms with E-state index in [1.807, 2.05) is 42.6 Å². The van der Waals surface area contributed by atoms with Crippen LogP contribution in [0.15, 0.2) is 91.1 Å². The summed E-state index contributed by atoms with van der Waals surface area (Å²) in [5, 5.41) is 0.728. The summed E-state index contributed by atoms with van der Waals surface area (Å²) >= 11 is 6.34. The van der Waals surface area contributed by atoms with Gasteiger partial charge in [-0.05, 0) is 102 Å². The summed E-state index contributed by atoms with van der Waals surface area (Å²) in [5.74, 6) is 3.59. The summed E-state index contributed by atoms with van der Waals surface area (Å²) in [6.07, 6.45) is 3.93. The monoisotopic (exact) mass is 795 g/mol. The quantitative estimate of drug-likeness (QED) is 0.109. The molecule has 288 valence electrons. The minimum atomic E-state index is 0. The molecule has 1 fully saturated rings. The van der Waals surface area contributed by atoms with Gasteiger partial charge in [0.05, 0.1) is 48.4 Å². The average molecular weight is 797 g/mol. The van der Waals surface area contributed by atoms with Gasteiger partial charge in [-0.3, -0.25) is 9.88 Å². The molecule has 2 heterocycles. The van der Waals surface area contributed by atoms with E-state index in [2.05, 4.69) is 63.3 Å². The minimum absolute atomic E-state index is 0. The normalized spacial score (nSPS) is 12.9. The van der Waals surface area contributed by atoms with Crippen LogP contribution >= 0.6 is 36.4 Å². The number of pyridine rings is 1. The van der Waals surface area contributed by atoms with Gasteiger partial charge >= 0.3 is 0 Å². The van der Waals surface area contributed by atoms with Gasteiger partial charge in [0, 0.05) is 54.7 Å². The van der Waals surface area contributed by atoms with Crippen LogP contribution in [-0.2, 0) is 13.1 Å². The molecule has 1 aliphatic heterocycles. The Morgan fingerprint density at radius 2 is 1.19 bits per heavy atom. The van der Waals surface area contributed by atoms with E-state index in [1.165, 1.54) is 11.1 Å². The second-order valence-electron chi connectivity index (χ2n) is 12.7. The number of piperidine rings is 1. The molecule has 12 heteroatoms. The van der Waals surface area contributed by atoms with Crippen molar-refractivity contribution in [2.45, 2.75) is 32.0 Å². The molecule has 5 aromatic rings. The number of benzene rings is 4. The van der Waals surface area contributed by atoms with Crippen LogP contribution in [-0.4, -0.2) is 71.7 Å². The van der Waals surface area contributed by atoms with E-state index < -0.39 is 0 Å². The van der Waals surface area contributed by atoms with Gasteiger partial charge in [-0.1, -0.05) is 29.8 Å². The number of ether oxygens (including phenoxy) is 6. The third-order valence-electron chi connectivity index (χ3n) is 9.63. The van der Waals surface area contributed by atoms with Crippen molar-refractivity contribution < 1.29 is 28.4 Å². The van der Waals surface area contributed by atoms with Crippen molar-refractivity contribution in [3.05, 3.63) is 107 Å². The van der Waals surface area contributed by atoms with Gasteiger partial charge in [-0.2, -0.15) is 0 Å². The average Bonchev–Trinajstić information content (AvgIpc) is 3.19. The van der Waals surface area contributed by atoms with Gasteiger partial charge in [0.25, 0.3) is 0 Å². The highest BCUT2D eigenvalue weighted by Crippen LogP contribution is 2.42. The Hall–Kier alpha value is -4.54. The standard InChI is InChI=1S/C42H46ClN3O6.2ClH/c1-47-37-22-31(23-38(48-2)41(37)51-5)30-9-7-8-28(20-30)27-46(34-12-10-33(43)11-13-34)35-15-18-45(19-16-35)26-29-14-17-44-36(21-29)32-24-39(49-3)42(52-6)40(25-32)50-4;;/h7-14,17,20-25,35H,15-16,18-19,26-27H2,1-6H3;2*1H. The number of methoxy groups -OCH3 is 6. The van der Waals surface area contributed by atoms with Crippen LogP contribution in [0.3, 0.4) is 0 Å². The SMILES string of the molecule is COc1cc(-c2cccc(CN(c3ccc(Cl)cc3)C3CCN(Cc4ccnc(-c5cc(OC)c(OC)c(OC)c5)c4)CC3)c2)cc(OC)c1OC.Cl.Cl.